The molecule has 118 valence electrons. The summed E-state index contributed by atoms with van der Waals surface area (Å²) < 4.78 is 47.0. The van der Waals surface area contributed by atoms with Gasteiger partial charge in [0.25, 0.3) is 0 Å². The molecule has 0 spiro atoms. The van der Waals surface area contributed by atoms with Crippen molar-refractivity contribution in [3.05, 3.63) is 29.8 Å². The van der Waals surface area contributed by atoms with Gasteiger partial charge in [-0.25, -0.2) is 0 Å². The van der Waals surface area contributed by atoms with Gasteiger partial charge in [-0.05, 0) is 12.5 Å². The van der Waals surface area contributed by atoms with Gasteiger partial charge in [0, 0.05) is 31.8 Å². The number of benzene rings is 1. The van der Waals surface area contributed by atoms with Gasteiger partial charge in [0.05, 0.1) is 12.6 Å². The molecule has 1 aliphatic heterocycles. The van der Waals surface area contributed by atoms with Crippen LogP contribution in [-0.2, 0) is 4.74 Å². The SMILES string of the molecule is NCC(c1ccccc1OC(F)(F)F)N1CCCOCC1. The molecule has 1 aliphatic rings. The van der Waals surface area contributed by atoms with Crippen LogP contribution in [0.25, 0.3) is 0 Å². The summed E-state index contributed by atoms with van der Waals surface area (Å²) in [4.78, 5) is 2.05. The van der Waals surface area contributed by atoms with Crippen LogP contribution in [0, 0.1) is 0 Å². The molecular weight excluding hydrogens is 285 g/mol. The molecule has 0 bridgehead atoms. The van der Waals surface area contributed by atoms with Crippen LogP contribution in [0.15, 0.2) is 24.3 Å². The summed E-state index contributed by atoms with van der Waals surface area (Å²) in [6.45, 7) is 2.82. The van der Waals surface area contributed by atoms with E-state index in [0.717, 1.165) is 13.0 Å². The van der Waals surface area contributed by atoms with Gasteiger partial charge < -0.3 is 15.2 Å². The average Bonchev–Trinajstić information content (AvgIpc) is 2.69. The monoisotopic (exact) mass is 304 g/mol. The summed E-state index contributed by atoms with van der Waals surface area (Å²) in [5.74, 6) is -0.189. The summed E-state index contributed by atoms with van der Waals surface area (Å²) in [6.07, 6.45) is -3.88. The molecule has 7 heteroatoms. The molecule has 1 heterocycles. The largest absolute Gasteiger partial charge is 0.573 e. The fourth-order valence-corrected chi connectivity index (χ4v) is 2.52. The van der Waals surface area contributed by atoms with E-state index >= 15 is 0 Å². The summed E-state index contributed by atoms with van der Waals surface area (Å²) in [5.41, 5.74) is 6.26. The number of nitrogens with zero attached hydrogens (tertiary/aromatic N) is 1. The highest BCUT2D eigenvalue weighted by Crippen LogP contribution is 2.32. The Morgan fingerprint density at radius 2 is 2.00 bits per heavy atom. The molecule has 0 aromatic heterocycles. The van der Waals surface area contributed by atoms with Crippen LogP contribution in [-0.4, -0.2) is 44.1 Å². The Morgan fingerprint density at radius 1 is 1.24 bits per heavy atom. The molecule has 21 heavy (non-hydrogen) atoms. The predicted molar refractivity (Wildman–Crippen MR) is 71.9 cm³/mol. The van der Waals surface area contributed by atoms with E-state index in [2.05, 4.69) is 4.74 Å². The van der Waals surface area contributed by atoms with E-state index in [1.807, 2.05) is 4.90 Å². The third-order valence-corrected chi connectivity index (χ3v) is 3.42. The fourth-order valence-electron chi connectivity index (χ4n) is 2.52. The molecule has 1 aromatic rings. The van der Waals surface area contributed by atoms with Crippen LogP contribution in [0.5, 0.6) is 5.75 Å². The maximum absolute atomic E-state index is 12.5. The van der Waals surface area contributed by atoms with Crippen LogP contribution in [0.4, 0.5) is 13.2 Å². The Morgan fingerprint density at radius 3 is 2.71 bits per heavy atom. The molecule has 2 N–H and O–H groups in total. The highest BCUT2D eigenvalue weighted by Gasteiger charge is 2.33. The van der Waals surface area contributed by atoms with Gasteiger partial charge in [0.1, 0.15) is 5.75 Å². The lowest BCUT2D eigenvalue weighted by atomic mass is 10.0. The van der Waals surface area contributed by atoms with Crippen molar-refractivity contribution in [2.45, 2.75) is 18.8 Å². The lowest BCUT2D eigenvalue weighted by Crippen LogP contribution is -2.36. The Labute approximate surface area is 121 Å². The Hall–Kier alpha value is -1.31. The Bertz CT molecular complexity index is 446. The first-order valence-corrected chi connectivity index (χ1v) is 6.88. The maximum Gasteiger partial charge on any atom is 0.573 e. The van der Waals surface area contributed by atoms with Gasteiger partial charge in [0.15, 0.2) is 0 Å². The third kappa shape index (κ3) is 4.59. The van der Waals surface area contributed by atoms with Crippen LogP contribution in [0.1, 0.15) is 18.0 Å². The van der Waals surface area contributed by atoms with Gasteiger partial charge in [-0.2, -0.15) is 0 Å². The van der Waals surface area contributed by atoms with Crippen LogP contribution in [0.2, 0.25) is 0 Å². The standard InChI is InChI=1S/C14H19F3N2O2/c15-14(16,17)21-13-5-2-1-4-11(13)12(10-18)19-6-3-8-20-9-7-19/h1-2,4-5,12H,3,6-10,18H2. The number of hydrogen-bond donors (Lipinski definition) is 1. The first kappa shape index (κ1) is 16.1. The van der Waals surface area contributed by atoms with Crippen LogP contribution >= 0.6 is 0 Å². The molecule has 0 saturated carbocycles. The van der Waals surface area contributed by atoms with E-state index in [1.54, 1.807) is 12.1 Å². The zero-order valence-electron chi connectivity index (χ0n) is 11.6. The fraction of sp³-hybridized carbons (Fsp3) is 0.571. The van der Waals surface area contributed by atoms with Crippen molar-refractivity contribution in [3.63, 3.8) is 0 Å². The minimum absolute atomic E-state index is 0.189. The quantitative estimate of drug-likeness (QED) is 0.927. The summed E-state index contributed by atoms with van der Waals surface area (Å²) in [7, 11) is 0. The van der Waals surface area contributed by atoms with E-state index in [1.165, 1.54) is 12.1 Å². The second kappa shape index (κ2) is 7.11. The lowest BCUT2D eigenvalue weighted by molar-refractivity contribution is -0.275. The van der Waals surface area contributed by atoms with E-state index in [9.17, 15) is 13.2 Å². The minimum Gasteiger partial charge on any atom is -0.405 e. The van der Waals surface area contributed by atoms with Gasteiger partial charge in [-0.15, -0.1) is 13.2 Å². The molecule has 1 unspecified atom stereocenters. The van der Waals surface area contributed by atoms with E-state index in [-0.39, 0.29) is 18.3 Å². The van der Waals surface area contributed by atoms with Crippen molar-refractivity contribution in [1.29, 1.82) is 0 Å². The van der Waals surface area contributed by atoms with E-state index in [0.29, 0.717) is 25.3 Å². The van der Waals surface area contributed by atoms with Crippen molar-refractivity contribution < 1.29 is 22.6 Å². The summed E-state index contributed by atoms with van der Waals surface area (Å²) in [5, 5.41) is 0. The Balaban J connectivity index is 2.24. The van der Waals surface area contributed by atoms with Gasteiger partial charge >= 0.3 is 6.36 Å². The number of nitrogens with two attached hydrogens (primary N) is 1. The van der Waals surface area contributed by atoms with Crippen molar-refractivity contribution >= 4 is 0 Å². The summed E-state index contributed by atoms with van der Waals surface area (Å²) in [6, 6.07) is 5.84. The van der Waals surface area contributed by atoms with Crippen molar-refractivity contribution in [2.75, 3.05) is 32.8 Å². The van der Waals surface area contributed by atoms with Crippen molar-refractivity contribution in [2.24, 2.45) is 5.73 Å². The van der Waals surface area contributed by atoms with Crippen molar-refractivity contribution in [1.82, 2.24) is 4.90 Å². The molecule has 4 nitrogen and oxygen atoms in total. The topological polar surface area (TPSA) is 47.7 Å². The van der Waals surface area contributed by atoms with Gasteiger partial charge in [0.2, 0.25) is 0 Å². The van der Waals surface area contributed by atoms with Crippen LogP contribution in [0.3, 0.4) is 0 Å². The number of halogens is 3. The summed E-state index contributed by atoms with van der Waals surface area (Å²) >= 11 is 0. The maximum atomic E-state index is 12.5. The number of para-hydroxylation sites is 1. The molecule has 2 rings (SSSR count). The second-order valence-electron chi connectivity index (χ2n) is 4.84. The predicted octanol–water partition coefficient (Wildman–Crippen LogP) is 2.31. The molecule has 1 fully saturated rings. The number of alkyl halides is 3. The molecule has 1 saturated heterocycles. The first-order chi connectivity index (χ1) is 10.0. The van der Waals surface area contributed by atoms with Gasteiger partial charge in [-0.1, -0.05) is 18.2 Å². The molecule has 0 aliphatic carbocycles. The molecule has 0 radical (unpaired) electrons. The molecular formula is C14H19F3N2O2. The molecule has 1 atom stereocenters. The number of hydrogen-bond acceptors (Lipinski definition) is 4. The molecule has 1 aromatic carbocycles. The molecule has 0 amide bonds. The van der Waals surface area contributed by atoms with Crippen LogP contribution < -0.4 is 10.5 Å². The first-order valence-electron chi connectivity index (χ1n) is 6.88. The van der Waals surface area contributed by atoms with Gasteiger partial charge in [-0.3, -0.25) is 4.90 Å². The van der Waals surface area contributed by atoms with E-state index in [4.69, 9.17) is 10.5 Å². The number of rotatable bonds is 4. The third-order valence-electron chi connectivity index (χ3n) is 3.42. The normalized spacial score (nSPS) is 19.0. The smallest absolute Gasteiger partial charge is 0.405 e. The lowest BCUT2D eigenvalue weighted by Gasteiger charge is -2.30. The highest BCUT2D eigenvalue weighted by atomic mass is 19.4. The highest BCUT2D eigenvalue weighted by molar-refractivity contribution is 5.36. The number of ether oxygens (including phenoxy) is 2. The Kier molecular flexibility index (Phi) is 5.44. The minimum atomic E-state index is -4.71. The zero-order valence-corrected chi connectivity index (χ0v) is 11.6. The van der Waals surface area contributed by atoms with Crippen molar-refractivity contribution in [3.8, 4) is 5.75 Å². The zero-order chi connectivity index (χ0) is 15.3. The average molecular weight is 304 g/mol. The second-order valence-corrected chi connectivity index (χ2v) is 4.84. The van der Waals surface area contributed by atoms with E-state index < -0.39 is 6.36 Å².